The number of pyridine rings is 1. The Kier molecular flexibility index (Phi) is 6.55. The van der Waals surface area contributed by atoms with Crippen LogP contribution in [0.1, 0.15) is 39.3 Å². The maximum absolute atomic E-state index is 14.1. The second-order valence-corrected chi connectivity index (χ2v) is 8.39. The molecular formula is C21H22Cl2FN3O5. The number of nitrogens with one attached hydrogen (secondary N) is 1. The number of carbonyl (C=O) groups is 2. The van der Waals surface area contributed by atoms with Gasteiger partial charge in [0, 0.05) is 39.0 Å². The number of methoxy groups -OCH3 is 1. The van der Waals surface area contributed by atoms with Crippen LogP contribution in [0.5, 0.6) is 5.75 Å². The van der Waals surface area contributed by atoms with Gasteiger partial charge in [0.05, 0.1) is 16.7 Å². The van der Waals surface area contributed by atoms with Crippen LogP contribution in [0.2, 0.25) is 5.02 Å². The minimum atomic E-state index is -0.961. The van der Waals surface area contributed by atoms with E-state index in [1.54, 1.807) is 20.2 Å². The predicted molar refractivity (Wildman–Crippen MR) is 117 cm³/mol. The molecule has 0 atom stereocenters. The third-order valence-corrected chi connectivity index (χ3v) is 6.33. The van der Waals surface area contributed by atoms with Crippen molar-refractivity contribution in [3.63, 3.8) is 0 Å². The number of nitrogens with zero attached hydrogens (tertiary/aromatic N) is 2. The van der Waals surface area contributed by atoms with Crippen molar-refractivity contribution in [1.29, 1.82) is 0 Å². The van der Waals surface area contributed by atoms with Crippen LogP contribution in [0, 0.1) is 5.82 Å². The molecule has 2 heterocycles. The molecule has 1 spiro atoms. The highest BCUT2D eigenvalue weighted by atomic mass is 35.5. The third-order valence-electron chi connectivity index (χ3n) is 6.04. The van der Waals surface area contributed by atoms with Gasteiger partial charge in [-0.1, -0.05) is 23.7 Å². The number of carbonyl (C=O) groups excluding carboxylic acids is 2. The van der Waals surface area contributed by atoms with Crippen LogP contribution in [-0.2, 0) is 16.8 Å². The molecule has 1 aromatic carbocycles. The van der Waals surface area contributed by atoms with Crippen LogP contribution in [-0.4, -0.2) is 53.2 Å². The number of halogens is 3. The molecule has 2 amide bonds. The molecule has 32 heavy (non-hydrogen) atoms. The maximum atomic E-state index is 14.1. The summed E-state index contributed by atoms with van der Waals surface area (Å²) in [5.74, 6) is -2.74. The van der Waals surface area contributed by atoms with Gasteiger partial charge in [-0.25, -0.2) is 4.39 Å². The standard InChI is InChI=1S/C21H21ClFN3O5.ClH/c1-25-10-21(6-12(7-21)31-2)26-9-13(17(27)18(28)16(26)20(25)30)19(29)24-8-11-4-3-5-14(22)15(11)23;/h3-5,9,12,28H,6-8,10H2,1-2H3,(H,24,29);1H. The van der Waals surface area contributed by atoms with E-state index < -0.39 is 34.3 Å². The van der Waals surface area contributed by atoms with E-state index in [1.165, 1.54) is 27.8 Å². The van der Waals surface area contributed by atoms with Crippen molar-refractivity contribution in [3.05, 3.63) is 62.3 Å². The summed E-state index contributed by atoms with van der Waals surface area (Å²) in [6, 6.07) is 4.39. The molecule has 1 aliphatic heterocycles. The largest absolute Gasteiger partial charge is 0.503 e. The Hall–Kier alpha value is -2.62. The van der Waals surface area contributed by atoms with E-state index >= 15 is 0 Å². The Balaban J connectivity index is 0.00000289. The normalized spacial score (nSPS) is 21.6. The van der Waals surface area contributed by atoms with Crippen LogP contribution in [0.15, 0.2) is 29.2 Å². The maximum Gasteiger partial charge on any atom is 0.274 e. The Morgan fingerprint density at radius 3 is 2.72 bits per heavy atom. The number of ether oxygens (including phenoxy) is 1. The highest BCUT2D eigenvalue weighted by molar-refractivity contribution is 6.30. The molecule has 1 aliphatic carbocycles. The molecular weight excluding hydrogens is 464 g/mol. The molecule has 0 unspecified atom stereocenters. The van der Waals surface area contributed by atoms with Crippen LogP contribution >= 0.6 is 24.0 Å². The summed E-state index contributed by atoms with van der Waals surface area (Å²) in [6.45, 7) is 0.154. The predicted octanol–water partition coefficient (Wildman–Crippen LogP) is 2.29. The van der Waals surface area contributed by atoms with E-state index in [4.69, 9.17) is 16.3 Å². The lowest BCUT2D eigenvalue weighted by molar-refractivity contribution is -0.0673. The lowest BCUT2D eigenvalue weighted by Gasteiger charge is -2.53. The molecule has 1 aromatic heterocycles. The van der Waals surface area contributed by atoms with E-state index in [0.29, 0.717) is 19.4 Å². The number of amides is 2. The summed E-state index contributed by atoms with van der Waals surface area (Å²) in [4.78, 5) is 39.5. The van der Waals surface area contributed by atoms with Crippen LogP contribution in [0.25, 0.3) is 0 Å². The Morgan fingerprint density at radius 2 is 2.06 bits per heavy atom. The fourth-order valence-corrected chi connectivity index (χ4v) is 4.54. The van der Waals surface area contributed by atoms with E-state index in [1.807, 2.05) is 0 Å². The summed E-state index contributed by atoms with van der Waals surface area (Å²) in [5.41, 5.74) is -1.88. The highest BCUT2D eigenvalue weighted by Crippen LogP contribution is 2.45. The minimum absolute atomic E-state index is 0. The van der Waals surface area contributed by atoms with Crippen molar-refractivity contribution in [3.8, 4) is 5.75 Å². The van der Waals surface area contributed by atoms with Gasteiger partial charge >= 0.3 is 0 Å². The summed E-state index contributed by atoms with van der Waals surface area (Å²) in [7, 11) is 3.19. The summed E-state index contributed by atoms with van der Waals surface area (Å²) < 4.78 is 21.0. The number of aromatic nitrogens is 1. The number of hydrogen-bond acceptors (Lipinski definition) is 5. The molecule has 0 radical (unpaired) electrons. The fraction of sp³-hybridized carbons (Fsp3) is 0.381. The Morgan fingerprint density at radius 1 is 1.38 bits per heavy atom. The lowest BCUT2D eigenvalue weighted by Crippen LogP contribution is -2.61. The quantitative estimate of drug-likeness (QED) is 0.691. The molecule has 2 N–H and O–H groups in total. The number of likely N-dealkylation sites (N-methyl/N-ethyl adjacent to an activating group) is 1. The average molecular weight is 486 g/mol. The van der Waals surface area contributed by atoms with Gasteiger partial charge in [-0.2, -0.15) is 0 Å². The topological polar surface area (TPSA) is 101 Å². The summed E-state index contributed by atoms with van der Waals surface area (Å²) in [5, 5.41) is 12.9. The first-order chi connectivity index (χ1) is 14.7. The second-order valence-electron chi connectivity index (χ2n) is 7.99. The molecule has 8 nitrogen and oxygen atoms in total. The fourth-order valence-electron chi connectivity index (χ4n) is 4.35. The first-order valence-electron chi connectivity index (χ1n) is 9.67. The zero-order valence-corrected chi connectivity index (χ0v) is 18.9. The molecule has 1 saturated carbocycles. The van der Waals surface area contributed by atoms with Crippen molar-refractivity contribution in [2.75, 3.05) is 20.7 Å². The molecule has 11 heteroatoms. The molecule has 2 aromatic rings. The molecule has 0 bridgehead atoms. The Bertz CT molecular complexity index is 1150. The number of rotatable bonds is 4. The van der Waals surface area contributed by atoms with Gasteiger partial charge in [-0.15, -0.1) is 12.4 Å². The van der Waals surface area contributed by atoms with Crippen molar-refractivity contribution in [2.24, 2.45) is 0 Å². The first-order valence-corrected chi connectivity index (χ1v) is 10.0. The smallest absolute Gasteiger partial charge is 0.274 e. The first kappa shape index (κ1) is 24.0. The molecule has 2 aliphatic rings. The second kappa shape index (κ2) is 8.73. The molecule has 1 fully saturated rings. The summed E-state index contributed by atoms with van der Waals surface area (Å²) in [6.07, 6.45) is 2.40. The lowest BCUT2D eigenvalue weighted by atomic mass is 9.72. The van der Waals surface area contributed by atoms with E-state index in [2.05, 4.69) is 5.32 Å². The van der Waals surface area contributed by atoms with Crippen LogP contribution < -0.4 is 10.7 Å². The van der Waals surface area contributed by atoms with Gasteiger partial charge in [0.25, 0.3) is 11.8 Å². The monoisotopic (exact) mass is 485 g/mol. The number of benzene rings is 1. The van der Waals surface area contributed by atoms with Gasteiger partial charge in [0.2, 0.25) is 5.43 Å². The van der Waals surface area contributed by atoms with Gasteiger partial charge in [0.15, 0.2) is 11.4 Å². The van der Waals surface area contributed by atoms with Gasteiger partial charge in [-0.05, 0) is 18.9 Å². The van der Waals surface area contributed by atoms with Crippen molar-refractivity contribution in [1.82, 2.24) is 14.8 Å². The average Bonchev–Trinajstić information content (AvgIpc) is 2.71. The van der Waals surface area contributed by atoms with Crippen molar-refractivity contribution in [2.45, 2.75) is 31.0 Å². The van der Waals surface area contributed by atoms with E-state index in [0.717, 1.165) is 0 Å². The minimum Gasteiger partial charge on any atom is -0.503 e. The van der Waals surface area contributed by atoms with Gasteiger partial charge in [0.1, 0.15) is 11.4 Å². The van der Waals surface area contributed by atoms with Gasteiger partial charge in [-0.3, -0.25) is 14.4 Å². The zero-order chi connectivity index (χ0) is 22.5. The Labute approximate surface area is 194 Å². The molecule has 172 valence electrons. The number of aromatic hydroxyl groups is 1. The van der Waals surface area contributed by atoms with Gasteiger partial charge < -0.3 is 24.6 Å². The van der Waals surface area contributed by atoms with Crippen LogP contribution in [0.3, 0.4) is 0 Å². The third kappa shape index (κ3) is 3.74. The summed E-state index contributed by atoms with van der Waals surface area (Å²) >= 11 is 5.75. The van der Waals surface area contributed by atoms with E-state index in [-0.39, 0.29) is 46.9 Å². The number of fused-ring (bicyclic) bond motifs is 2. The number of hydrogen-bond donors (Lipinski definition) is 2. The van der Waals surface area contributed by atoms with Crippen molar-refractivity contribution >= 4 is 35.8 Å². The SMILES string of the molecule is COC1CC2(C1)CN(C)C(=O)c1c(O)c(=O)c(C(=O)NCc3cccc(Cl)c3F)cn12.Cl. The molecule has 4 rings (SSSR count). The van der Waals surface area contributed by atoms with Crippen molar-refractivity contribution < 1.29 is 23.8 Å². The zero-order valence-electron chi connectivity index (χ0n) is 17.4. The van der Waals surface area contributed by atoms with Crippen LogP contribution in [0.4, 0.5) is 4.39 Å². The highest BCUT2D eigenvalue weighted by Gasteiger charge is 2.52. The molecule has 0 saturated heterocycles. The van der Waals surface area contributed by atoms with E-state index in [9.17, 15) is 23.9 Å².